The van der Waals surface area contributed by atoms with E-state index in [1.807, 2.05) is 19.1 Å². The Bertz CT molecular complexity index is 717. The van der Waals surface area contributed by atoms with Crippen LogP contribution >= 0.6 is 11.8 Å². The van der Waals surface area contributed by atoms with E-state index < -0.39 is 33.9 Å². The van der Waals surface area contributed by atoms with Crippen molar-refractivity contribution in [3.8, 4) is 0 Å². The van der Waals surface area contributed by atoms with E-state index in [1.54, 1.807) is 12.1 Å². The highest BCUT2D eigenvalue weighted by Crippen LogP contribution is 2.23. The van der Waals surface area contributed by atoms with Crippen molar-refractivity contribution in [1.82, 2.24) is 5.32 Å². The Kier molecular flexibility index (Phi) is 6.28. The van der Waals surface area contributed by atoms with Crippen molar-refractivity contribution in [1.29, 1.82) is 0 Å². The van der Waals surface area contributed by atoms with E-state index in [9.17, 15) is 18.0 Å². The second-order valence-electron chi connectivity index (χ2n) is 5.59. The van der Waals surface area contributed by atoms with Crippen LogP contribution in [0.1, 0.15) is 30.6 Å². The predicted molar refractivity (Wildman–Crippen MR) is 92.9 cm³/mol. The number of nitrogens with one attached hydrogen (secondary N) is 1. The van der Waals surface area contributed by atoms with E-state index in [0.29, 0.717) is 12.0 Å². The van der Waals surface area contributed by atoms with Gasteiger partial charge in [-0.15, -0.1) is 11.8 Å². The zero-order chi connectivity index (χ0) is 17.7. The van der Waals surface area contributed by atoms with Crippen molar-refractivity contribution in [3.05, 3.63) is 29.8 Å². The van der Waals surface area contributed by atoms with E-state index >= 15 is 0 Å². The topological polar surface area (TPSA) is 89.5 Å². The Hall–Kier alpha value is -1.54. The monoisotopic (exact) mass is 371 g/mol. The van der Waals surface area contributed by atoms with Gasteiger partial charge in [-0.3, -0.25) is 4.79 Å². The van der Waals surface area contributed by atoms with Crippen LogP contribution in [0.3, 0.4) is 0 Å². The molecule has 1 heterocycles. The Balaban J connectivity index is 1.95. The van der Waals surface area contributed by atoms with Gasteiger partial charge < -0.3 is 10.1 Å². The van der Waals surface area contributed by atoms with Gasteiger partial charge in [0.25, 0.3) is 5.91 Å². The normalized spacial score (nSPS) is 20.3. The van der Waals surface area contributed by atoms with Crippen LogP contribution < -0.4 is 5.32 Å². The number of hydrogen-bond donors (Lipinski definition) is 1. The lowest BCUT2D eigenvalue weighted by molar-refractivity contribution is -0.129. The molecule has 0 radical (unpaired) electrons. The number of esters is 1. The highest BCUT2D eigenvalue weighted by molar-refractivity contribution is 7.99. The van der Waals surface area contributed by atoms with E-state index in [0.717, 1.165) is 10.6 Å². The molecule has 1 saturated heterocycles. The fraction of sp³-hybridized carbons (Fsp3) is 0.500. The second kappa shape index (κ2) is 8.02. The molecule has 0 aromatic heterocycles. The van der Waals surface area contributed by atoms with Gasteiger partial charge in [-0.2, -0.15) is 0 Å². The van der Waals surface area contributed by atoms with Gasteiger partial charge >= 0.3 is 5.97 Å². The molecule has 0 bridgehead atoms. The minimum atomic E-state index is -3.07. The summed E-state index contributed by atoms with van der Waals surface area (Å²) in [4.78, 5) is 25.2. The van der Waals surface area contributed by atoms with Gasteiger partial charge in [-0.1, -0.05) is 19.1 Å². The van der Waals surface area contributed by atoms with Gasteiger partial charge in [0.2, 0.25) is 0 Å². The fourth-order valence-corrected chi connectivity index (χ4v) is 4.89. The molecular weight excluding hydrogens is 350 g/mol. The summed E-state index contributed by atoms with van der Waals surface area (Å²) in [5.74, 6) is -0.209. The van der Waals surface area contributed by atoms with E-state index in [-0.39, 0.29) is 11.5 Å². The first-order valence-electron chi connectivity index (χ1n) is 7.76. The zero-order valence-electron chi connectivity index (χ0n) is 13.7. The van der Waals surface area contributed by atoms with Gasteiger partial charge in [0.1, 0.15) is 0 Å². The number of sulfone groups is 1. The van der Waals surface area contributed by atoms with Crippen LogP contribution in [-0.2, 0) is 19.4 Å². The molecule has 1 aromatic rings. The van der Waals surface area contributed by atoms with Crippen LogP contribution in [-0.4, -0.2) is 49.7 Å². The third-order valence-electron chi connectivity index (χ3n) is 3.64. The highest BCUT2D eigenvalue weighted by Gasteiger charge is 2.31. The number of thioether (sulfide) groups is 1. The average Bonchev–Trinajstić information content (AvgIpc) is 2.86. The number of carbonyl (C=O) groups excluding carboxylic acids is 2. The molecule has 0 spiro atoms. The molecule has 1 aliphatic rings. The third-order valence-corrected chi connectivity index (χ3v) is 6.36. The summed E-state index contributed by atoms with van der Waals surface area (Å²) in [6.07, 6.45) is -0.592. The van der Waals surface area contributed by atoms with Crippen molar-refractivity contribution in [3.63, 3.8) is 0 Å². The minimum absolute atomic E-state index is 0.0601. The molecule has 2 atom stereocenters. The Morgan fingerprint density at radius 2 is 2.08 bits per heavy atom. The molecular formula is C16H21NO5S2. The Labute approximate surface area is 146 Å². The number of amides is 1. The van der Waals surface area contributed by atoms with Crippen molar-refractivity contribution in [2.24, 2.45) is 0 Å². The Morgan fingerprint density at radius 1 is 1.38 bits per heavy atom. The van der Waals surface area contributed by atoms with Crippen molar-refractivity contribution >= 4 is 33.5 Å². The number of benzene rings is 1. The van der Waals surface area contributed by atoms with Crippen LogP contribution in [0, 0.1) is 0 Å². The third kappa shape index (κ3) is 4.98. The lowest BCUT2D eigenvalue weighted by Gasteiger charge is -2.17. The molecule has 8 heteroatoms. The quantitative estimate of drug-likeness (QED) is 0.604. The first-order valence-corrected chi connectivity index (χ1v) is 10.6. The Morgan fingerprint density at radius 3 is 2.71 bits per heavy atom. The van der Waals surface area contributed by atoms with Crippen LogP contribution in [0.2, 0.25) is 0 Å². The summed E-state index contributed by atoms with van der Waals surface area (Å²) in [6, 6.07) is 6.66. The summed E-state index contributed by atoms with van der Waals surface area (Å²) >= 11 is 1.52. The summed E-state index contributed by atoms with van der Waals surface area (Å²) in [5, 5.41) is 2.63. The van der Waals surface area contributed by atoms with Crippen molar-refractivity contribution < 1.29 is 22.7 Å². The predicted octanol–water partition coefficient (Wildman–Crippen LogP) is 1.65. The summed E-state index contributed by atoms with van der Waals surface area (Å²) in [5.41, 5.74) is 0.424. The molecule has 1 aliphatic heterocycles. The molecule has 2 rings (SSSR count). The lowest BCUT2D eigenvalue weighted by Crippen LogP contribution is -2.42. The molecule has 132 valence electrons. The van der Waals surface area contributed by atoms with E-state index in [4.69, 9.17) is 4.74 Å². The zero-order valence-corrected chi connectivity index (χ0v) is 15.3. The number of ether oxygens (including phenoxy) is 1. The molecule has 0 unspecified atom stereocenters. The first kappa shape index (κ1) is 18.8. The van der Waals surface area contributed by atoms with Crippen molar-refractivity contribution in [2.75, 3.05) is 17.3 Å². The van der Waals surface area contributed by atoms with Gasteiger partial charge in [-0.05, 0) is 31.2 Å². The van der Waals surface area contributed by atoms with Crippen LogP contribution in [0.5, 0.6) is 0 Å². The maximum absolute atomic E-state index is 12.3. The van der Waals surface area contributed by atoms with Crippen molar-refractivity contribution in [2.45, 2.75) is 37.3 Å². The molecule has 1 fully saturated rings. The maximum atomic E-state index is 12.3. The standard InChI is InChI=1S/C16H21NO5S2/c1-3-23-14-7-5-4-6-13(14)16(19)22-11(2)15(18)17-12-8-9-24(20,21)10-12/h4-7,11-12H,3,8-10H2,1-2H3,(H,17,18)/t11-,12+/m1/s1. The second-order valence-corrected chi connectivity index (χ2v) is 9.12. The SMILES string of the molecule is CCSc1ccccc1C(=O)O[C@H](C)C(=O)N[C@H]1CCS(=O)(=O)C1. The number of rotatable bonds is 6. The maximum Gasteiger partial charge on any atom is 0.340 e. The molecule has 24 heavy (non-hydrogen) atoms. The first-order chi connectivity index (χ1) is 11.3. The molecule has 6 nitrogen and oxygen atoms in total. The van der Waals surface area contributed by atoms with Crippen LogP contribution in [0.15, 0.2) is 29.2 Å². The minimum Gasteiger partial charge on any atom is -0.449 e. The van der Waals surface area contributed by atoms with Crippen LogP contribution in [0.4, 0.5) is 0 Å². The van der Waals surface area contributed by atoms with Gasteiger partial charge in [-0.25, -0.2) is 13.2 Å². The van der Waals surface area contributed by atoms with E-state index in [2.05, 4.69) is 5.32 Å². The summed E-state index contributed by atoms with van der Waals surface area (Å²) in [7, 11) is -3.07. The number of hydrogen-bond acceptors (Lipinski definition) is 6. The average molecular weight is 371 g/mol. The van der Waals surface area contributed by atoms with Gasteiger partial charge in [0.05, 0.1) is 17.1 Å². The van der Waals surface area contributed by atoms with Gasteiger partial charge in [0, 0.05) is 10.9 Å². The summed E-state index contributed by atoms with van der Waals surface area (Å²) < 4.78 is 28.1. The molecule has 1 amide bonds. The largest absolute Gasteiger partial charge is 0.449 e. The summed E-state index contributed by atoms with van der Waals surface area (Å²) in [6.45, 7) is 3.46. The highest BCUT2D eigenvalue weighted by atomic mass is 32.2. The van der Waals surface area contributed by atoms with E-state index in [1.165, 1.54) is 18.7 Å². The fourth-order valence-electron chi connectivity index (χ4n) is 2.42. The lowest BCUT2D eigenvalue weighted by atomic mass is 10.2. The molecule has 1 aromatic carbocycles. The molecule has 1 N–H and O–H groups in total. The van der Waals surface area contributed by atoms with Gasteiger partial charge in [0.15, 0.2) is 15.9 Å². The smallest absolute Gasteiger partial charge is 0.340 e. The molecule has 0 aliphatic carbocycles. The number of carbonyl (C=O) groups is 2. The molecule has 0 saturated carbocycles. The van der Waals surface area contributed by atoms with Crippen LogP contribution in [0.25, 0.3) is 0 Å².